The van der Waals surface area contributed by atoms with Gasteiger partial charge in [0.2, 0.25) is 0 Å². The molecule has 0 aliphatic heterocycles. The van der Waals surface area contributed by atoms with Crippen LogP contribution in [0.5, 0.6) is 0 Å². The van der Waals surface area contributed by atoms with Crippen LogP contribution in [0.25, 0.3) is 27.5 Å². The van der Waals surface area contributed by atoms with Gasteiger partial charge in [0.15, 0.2) is 0 Å². The summed E-state index contributed by atoms with van der Waals surface area (Å²) in [5.74, 6) is -0.908. The zero-order valence-electron chi connectivity index (χ0n) is 13.0. The smallest absolute Gasteiger partial charge is 0.335 e. The molecule has 0 amide bonds. The van der Waals surface area contributed by atoms with Crippen LogP contribution in [0.15, 0.2) is 65.1 Å². The highest BCUT2D eigenvalue weighted by atomic mass is 79.9. The summed E-state index contributed by atoms with van der Waals surface area (Å²) >= 11 is 3.47. The first-order valence-corrected chi connectivity index (χ1v) is 8.38. The summed E-state index contributed by atoms with van der Waals surface area (Å²) in [6.45, 7) is 2.08. The maximum Gasteiger partial charge on any atom is 0.335 e. The highest BCUT2D eigenvalue weighted by Crippen LogP contribution is 2.34. The molecule has 1 heterocycles. The number of aryl methyl sites for hydroxylation is 1. The monoisotopic (exact) mass is 379 g/mol. The minimum Gasteiger partial charge on any atom is -0.478 e. The molecule has 0 unspecified atom stereocenters. The number of carboxylic acid groups (broad SMARTS) is 1. The average molecular weight is 380 g/mol. The van der Waals surface area contributed by atoms with E-state index in [0.717, 1.165) is 37.5 Å². The molecule has 1 N–H and O–H groups in total. The number of aromatic nitrogens is 1. The molecule has 3 aromatic carbocycles. The number of aromatic carboxylic acids is 1. The Labute approximate surface area is 147 Å². The van der Waals surface area contributed by atoms with Gasteiger partial charge in [0, 0.05) is 20.9 Å². The van der Waals surface area contributed by atoms with Gasteiger partial charge < -0.3 is 9.67 Å². The second kappa shape index (κ2) is 5.49. The summed E-state index contributed by atoms with van der Waals surface area (Å²) in [5, 5.41) is 11.3. The first-order chi connectivity index (χ1) is 11.6. The molecule has 4 rings (SSSR count). The molecule has 4 heteroatoms. The van der Waals surface area contributed by atoms with E-state index in [1.54, 1.807) is 12.1 Å². The Bertz CT molecular complexity index is 1090. The number of nitrogens with zero attached hydrogens (tertiary/aromatic N) is 1. The van der Waals surface area contributed by atoms with Crippen molar-refractivity contribution in [2.75, 3.05) is 0 Å². The molecule has 3 nitrogen and oxygen atoms in total. The molecule has 0 fully saturated rings. The van der Waals surface area contributed by atoms with Crippen LogP contribution in [0.4, 0.5) is 0 Å². The normalized spacial score (nSPS) is 11.2. The largest absolute Gasteiger partial charge is 0.478 e. The van der Waals surface area contributed by atoms with E-state index in [-0.39, 0.29) is 0 Å². The van der Waals surface area contributed by atoms with E-state index in [1.807, 2.05) is 30.3 Å². The Morgan fingerprint density at radius 1 is 1.00 bits per heavy atom. The molecule has 118 valence electrons. The fourth-order valence-corrected chi connectivity index (χ4v) is 3.50. The second-order valence-corrected chi connectivity index (χ2v) is 6.74. The van der Waals surface area contributed by atoms with Crippen LogP contribution in [0.3, 0.4) is 0 Å². The summed E-state index contributed by atoms with van der Waals surface area (Å²) in [6, 6.07) is 19.6. The van der Waals surface area contributed by atoms with Crippen molar-refractivity contribution in [2.45, 2.75) is 6.92 Å². The van der Waals surface area contributed by atoms with E-state index in [9.17, 15) is 9.90 Å². The molecule has 0 radical (unpaired) electrons. The van der Waals surface area contributed by atoms with Crippen molar-refractivity contribution >= 4 is 43.7 Å². The van der Waals surface area contributed by atoms with Crippen LogP contribution in [0.2, 0.25) is 0 Å². The van der Waals surface area contributed by atoms with Gasteiger partial charge in [0.05, 0.1) is 16.6 Å². The SMILES string of the molecule is Cc1cccc2c3cc(C(=O)O)ccc3n(-c3ccc(Br)cc3)c12. The molecular weight excluding hydrogens is 366 g/mol. The van der Waals surface area contributed by atoms with Crippen molar-refractivity contribution in [1.29, 1.82) is 0 Å². The minimum atomic E-state index is -0.908. The molecule has 0 saturated heterocycles. The predicted octanol–water partition coefficient (Wildman–Crippen LogP) is 5.55. The summed E-state index contributed by atoms with van der Waals surface area (Å²) in [7, 11) is 0. The first-order valence-electron chi connectivity index (χ1n) is 7.59. The molecule has 0 saturated carbocycles. The third-order valence-electron chi connectivity index (χ3n) is 4.32. The van der Waals surface area contributed by atoms with Gasteiger partial charge in [-0.05, 0) is 55.0 Å². The number of para-hydroxylation sites is 1. The molecule has 0 atom stereocenters. The van der Waals surface area contributed by atoms with Crippen molar-refractivity contribution in [1.82, 2.24) is 4.57 Å². The number of fused-ring (bicyclic) bond motifs is 3. The Kier molecular flexibility index (Phi) is 3.43. The number of benzene rings is 3. The summed E-state index contributed by atoms with van der Waals surface area (Å²) in [5.41, 5.74) is 4.63. The van der Waals surface area contributed by atoms with Crippen LogP contribution in [-0.2, 0) is 0 Å². The van der Waals surface area contributed by atoms with Gasteiger partial charge in [-0.1, -0.05) is 34.1 Å². The van der Waals surface area contributed by atoms with Crippen molar-refractivity contribution in [3.05, 3.63) is 76.3 Å². The number of carbonyl (C=O) groups is 1. The van der Waals surface area contributed by atoms with Crippen molar-refractivity contribution in [3.63, 3.8) is 0 Å². The summed E-state index contributed by atoms with van der Waals surface area (Å²) < 4.78 is 3.22. The minimum absolute atomic E-state index is 0.305. The van der Waals surface area contributed by atoms with Gasteiger partial charge in [0.1, 0.15) is 0 Å². The zero-order valence-corrected chi connectivity index (χ0v) is 14.5. The molecule has 0 aliphatic rings. The lowest BCUT2D eigenvalue weighted by Gasteiger charge is -2.09. The predicted molar refractivity (Wildman–Crippen MR) is 100 cm³/mol. The fourth-order valence-electron chi connectivity index (χ4n) is 3.23. The third-order valence-corrected chi connectivity index (χ3v) is 4.85. The van der Waals surface area contributed by atoms with E-state index in [0.29, 0.717) is 5.56 Å². The molecule has 4 aromatic rings. The van der Waals surface area contributed by atoms with Crippen molar-refractivity contribution in [3.8, 4) is 5.69 Å². The number of halogens is 1. The zero-order chi connectivity index (χ0) is 16.8. The topological polar surface area (TPSA) is 42.2 Å². The molecule has 0 aliphatic carbocycles. The lowest BCUT2D eigenvalue weighted by Crippen LogP contribution is -1.97. The van der Waals surface area contributed by atoms with Crippen LogP contribution >= 0.6 is 15.9 Å². The maximum absolute atomic E-state index is 11.3. The summed E-state index contributed by atoms with van der Waals surface area (Å²) in [4.78, 5) is 11.3. The number of hydrogen-bond acceptors (Lipinski definition) is 1. The molecule has 0 bridgehead atoms. The lowest BCUT2D eigenvalue weighted by molar-refractivity contribution is 0.0697. The van der Waals surface area contributed by atoms with Crippen LogP contribution in [0, 0.1) is 6.92 Å². The summed E-state index contributed by atoms with van der Waals surface area (Å²) in [6.07, 6.45) is 0. The van der Waals surface area contributed by atoms with Crippen molar-refractivity contribution < 1.29 is 9.90 Å². The van der Waals surface area contributed by atoms with Gasteiger partial charge >= 0.3 is 5.97 Å². The maximum atomic E-state index is 11.3. The van der Waals surface area contributed by atoms with Gasteiger partial charge in [0.25, 0.3) is 0 Å². The average Bonchev–Trinajstić information content (AvgIpc) is 2.91. The van der Waals surface area contributed by atoms with Gasteiger partial charge in [-0.2, -0.15) is 0 Å². The number of rotatable bonds is 2. The van der Waals surface area contributed by atoms with Gasteiger partial charge in [-0.25, -0.2) is 4.79 Å². The van der Waals surface area contributed by atoms with E-state index >= 15 is 0 Å². The Hall–Kier alpha value is -2.59. The third kappa shape index (κ3) is 2.22. The lowest BCUT2D eigenvalue weighted by atomic mass is 10.1. The Balaban J connectivity index is 2.17. The molecule has 24 heavy (non-hydrogen) atoms. The van der Waals surface area contributed by atoms with E-state index < -0.39 is 5.97 Å². The molecule has 1 aromatic heterocycles. The Morgan fingerprint density at radius 2 is 1.75 bits per heavy atom. The van der Waals surface area contributed by atoms with E-state index in [2.05, 4.69) is 45.6 Å². The van der Waals surface area contributed by atoms with Crippen LogP contribution in [-0.4, -0.2) is 15.6 Å². The standard InChI is InChI=1S/C20H14BrNO2/c1-12-3-2-4-16-17-11-13(20(23)24)5-10-18(17)22(19(12)16)15-8-6-14(21)7-9-15/h2-11H,1H3,(H,23,24). The van der Waals surface area contributed by atoms with Crippen molar-refractivity contribution in [2.24, 2.45) is 0 Å². The Morgan fingerprint density at radius 3 is 2.46 bits per heavy atom. The quantitative estimate of drug-likeness (QED) is 0.495. The highest BCUT2D eigenvalue weighted by molar-refractivity contribution is 9.10. The molecular formula is C20H14BrNO2. The van der Waals surface area contributed by atoms with Crippen LogP contribution < -0.4 is 0 Å². The molecule has 0 spiro atoms. The number of hydrogen-bond donors (Lipinski definition) is 1. The highest BCUT2D eigenvalue weighted by Gasteiger charge is 2.15. The van der Waals surface area contributed by atoms with E-state index in [4.69, 9.17) is 0 Å². The van der Waals surface area contributed by atoms with E-state index in [1.165, 1.54) is 0 Å². The number of carboxylic acids is 1. The van der Waals surface area contributed by atoms with Gasteiger partial charge in [-0.3, -0.25) is 0 Å². The fraction of sp³-hybridized carbons (Fsp3) is 0.0500. The first kappa shape index (κ1) is 15.0. The van der Waals surface area contributed by atoms with Crippen LogP contribution in [0.1, 0.15) is 15.9 Å². The second-order valence-electron chi connectivity index (χ2n) is 5.82. The van der Waals surface area contributed by atoms with Gasteiger partial charge in [-0.15, -0.1) is 0 Å².